The van der Waals surface area contributed by atoms with Crippen LogP contribution in [0, 0.1) is 12.3 Å². The number of nitrogens with zero attached hydrogens (tertiary/aromatic N) is 3. The first kappa shape index (κ1) is 23.1. The molecule has 0 aliphatic carbocycles. The number of hydrogen-bond donors (Lipinski definition) is 1. The molecule has 172 valence electrons. The van der Waals surface area contributed by atoms with Gasteiger partial charge in [-0.2, -0.15) is 0 Å². The zero-order valence-corrected chi connectivity index (χ0v) is 19.8. The molecule has 33 heavy (non-hydrogen) atoms. The summed E-state index contributed by atoms with van der Waals surface area (Å²) in [5.74, 6) is 0.185. The molecule has 0 spiro atoms. The van der Waals surface area contributed by atoms with Gasteiger partial charge in [0.2, 0.25) is 5.91 Å². The van der Waals surface area contributed by atoms with Crippen molar-refractivity contribution in [3.05, 3.63) is 83.9 Å². The SMILES string of the molecule is CCCNC(=O)[C@@]1(Cc2ccc(-c3ccncc3)cc2)CCCN(Cc2cccc(C)n2)C1. The van der Waals surface area contributed by atoms with Crippen molar-refractivity contribution in [3.8, 4) is 11.1 Å². The molecule has 0 radical (unpaired) electrons. The van der Waals surface area contributed by atoms with Gasteiger partial charge in [0.15, 0.2) is 0 Å². The van der Waals surface area contributed by atoms with Gasteiger partial charge in [0.25, 0.3) is 0 Å². The predicted molar refractivity (Wildman–Crippen MR) is 133 cm³/mol. The van der Waals surface area contributed by atoms with E-state index in [-0.39, 0.29) is 5.91 Å². The van der Waals surface area contributed by atoms with Gasteiger partial charge in [0.1, 0.15) is 0 Å². The van der Waals surface area contributed by atoms with Crippen LogP contribution in [0.2, 0.25) is 0 Å². The molecule has 5 heteroatoms. The van der Waals surface area contributed by atoms with Crippen molar-refractivity contribution in [2.75, 3.05) is 19.6 Å². The van der Waals surface area contributed by atoms with E-state index in [2.05, 4.69) is 63.5 Å². The summed E-state index contributed by atoms with van der Waals surface area (Å²) >= 11 is 0. The van der Waals surface area contributed by atoms with Crippen LogP contribution >= 0.6 is 0 Å². The van der Waals surface area contributed by atoms with Gasteiger partial charge in [-0.1, -0.05) is 37.3 Å². The van der Waals surface area contributed by atoms with E-state index in [1.807, 2.05) is 37.5 Å². The molecule has 1 fully saturated rings. The predicted octanol–water partition coefficient (Wildman–Crippen LogP) is 4.80. The molecular weight excluding hydrogens is 408 g/mol. The Labute approximate surface area is 197 Å². The molecule has 1 aromatic carbocycles. The standard InChI is InChI=1S/C28H34N4O/c1-3-15-30-27(33)28(14-5-18-32(21-28)20-26-7-4-6-22(2)31-26)19-23-8-10-24(11-9-23)25-12-16-29-17-13-25/h4,6-13,16-17H,3,5,14-15,18-21H2,1-2H3,(H,30,33)/t28-/m1/s1. The maximum atomic E-state index is 13.5. The average Bonchev–Trinajstić information content (AvgIpc) is 2.84. The second-order valence-corrected chi connectivity index (χ2v) is 9.23. The number of aryl methyl sites for hydroxylation is 1. The first-order chi connectivity index (χ1) is 16.1. The summed E-state index contributed by atoms with van der Waals surface area (Å²) in [6, 6.07) is 18.9. The lowest BCUT2D eigenvalue weighted by Gasteiger charge is -2.42. The fourth-order valence-corrected chi connectivity index (χ4v) is 4.86. The van der Waals surface area contributed by atoms with Crippen molar-refractivity contribution in [2.45, 2.75) is 46.1 Å². The maximum Gasteiger partial charge on any atom is 0.227 e. The summed E-state index contributed by atoms with van der Waals surface area (Å²) in [5, 5.41) is 3.21. The van der Waals surface area contributed by atoms with Crippen molar-refractivity contribution in [1.82, 2.24) is 20.2 Å². The highest BCUT2D eigenvalue weighted by molar-refractivity contribution is 5.83. The Hall–Kier alpha value is -3.05. The molecule has 2 aromatic heterocycles. The minimum absolute atomic E-state index is 0.185. The minimum Gasteiger partial charge on any atom is -0.356 e. The lowest BCUT2D eigenvalue weighted by Crippen LogP contribution is -2.53. The van der Waals surface area contributed by atoms with E-state index < -0.39 is 5.41 Å². The van der Waals surface area contributed by atoms with Crippen LogP contribution in [0.5, 0.6) is 0 Å². The van der Waals surface area contributed by atoms with Crippen molar-refractivity contribution in [1.29, 1.82) is 0 Å². The summed E-state index contributed by atoms with van der Waals surface area (Å²) in [7, 11) is 0. The minimum atomic E-state index is -0.421. The van der Waals surface area contributed by atoms with Gasteiger partial charge in [-0.15, -0.1) is 0 Å². The van der Waals surface area contributed by atoms with Crippen LogP contribution in [0.25, 0.3) is 11.1 Å². The van der Waals surface area contributed by atoms with Gasteiger partial charge in [-0.25, -0.2) is 0 Å². The number of piperidine rings is 1. The lowest BCUT2D eigenvalue weighted by molar-refractivity contribution is -0.134. The second-order valence-electron chi connectivity index (χ2n) is 9.23. The first-order valence-corrected chi connectivity index (χ1v) is 12.0. The zero-order chi connectivity index (χ0) is 23.1. The van der Waals surface area contributed by atoms with Crippen molar-refractivity contribution < 1.29 is 4.79 Å². The van der Waals surface area contributed by atoms with Crippen LogP contribution in [0.4, 0.5) is 0 Å². The number of carbonyl (C=O) groups is 1. The van der Waals surface area contributed by atoms with E-state index in [1.54, 1.807) is 0 Å². The fourth-order valence-electron chi connectivity index (χ4n) is 4.86. The highest BCUT2D eigenvalue weighted by Crippen LogP contribution is 2.35. The van der Waals surface area contributed by atoms with Gasteiger partial charge in [-0.05, 0) is 80.1 Å². The van der Waals surface area contributed by atoms with Crippen LogP contribution in [0.15, 0.2) is 67.0 Å². The number of amides is 1. The number of hydrogen-bond acceptors (Lipinski definition) is 4. The highest BCUT2D eigenvalue weighted by atomic mass is 16.2. The number of likely N-dealkylation sites (tertiary alicyclic amines) is 1. The Balaban J connectivity index is 1.54. The topological polar surface area (TPSA) is 58.1 Å². The van der Waals surface area contributed by atoms with Gasteiger partial charge < -0.3 is 5.32 Å². The largest absolute Gasteiger partial charge is 0.356 e. The summed E-state index contributed by atoms with van der Waals surface area (Å²) in [4.78, 5) is 24.7. The quantitative estimate of drug-likeness (QED) is 0.544. The Morgan fingerprint density at radius 3 is 2.55 bits per heavy atom. The summed E-state index contributed by atoms with van der Waals surface area (Å²) in [5.41, 5.74) is 5.21. The molecule has 0 unspecified atom stereocenters. The van der Waals surface area contributed by atoms with E-state index in [9.17, 15) is 4.79 Å². The zero-order valence-electron chi connectivity index (χ0n) is 19.8. The van der Waals surface area contributed by atoms with Crippen LogP contribution in [-0.2, 0) is 17.8 Å². The normalized spacial score (nSPS) is 18.7. The molecule has 1 amide bonds. The Bertz CT molecular complexity index is 1050. The van der Waals surface area contributed by atoms with Crippen LogP contribution < -0.4 is 5.32 Å². The molecule has 0 saturated carbocycles. The van der Waals surface area contributed by atoms with E-state index >= 15 is 0 Å². The molecule has 5 nitrogen and oxygen atoms in total. The number of pyridine rings is 2. The molecule has 1 atom stereocenters. The summed E-state index contributed by atoms with van der Waals surface area (Å²) < 4.78 is 0. The third kappa shape index (κ3) is 5.85. The molecule has 1 saturated heterocycles. The summed E-state index contributed by atoms with van der Waals surface area (Å²) in [6.45, 7) is 7.38. The number of carbonyl (C=O) groups excluding carboxylic acids is 1. The third-order valence-corrected chi connectivity index (χ3v) is 6.51. The maximum absolute atomic E-state index is 13.5. The number of rotatable bonds is 8. The number of benzene rings is 1. The first-order valence-electron chi connectivity index (χ1n) is 12.0. The number of nitrogens with one attached hydrogen (secondary N) is 1. The van der Waals surface area contributed by atoms with Crippen LogP contribution in [-0.4, -0.2) is 40.4 Å². The smallest absolute Gasteiger partial charge is 0.227 e. The fraction of sp³-hybridized carbons (Fsp3) is 0.393. The molecule has 3 heterocycles. The van der Waals surface area contributed by atoms with E-state index in [4.69, 9.17) is 0 Å². The van der Waals surface area contributed by atoms with Gasteiger partial charge in [0, 0.05) is 37.7 Å². The molecule has 1 aliphatic heterocycles. The summed E-state index contributed by atoms with van der Waals surface area (Å²) in [6.07, 6.45) is 7.25. The van der Waals surface area contributed by atoms with Crippen molar-refractivity contribution >= 4 is 5.91 Å². The van der Waals surface area contributed by atoms with E-state index in [0.717, 1.165) is 68.8 Å². The molecular formula is C28H34N4O. The Morgan fingerprint density at radius 2 is 1.82 bits per heavy atom. The lowest BCUT2D eigenvalue weighted by atomic mass is 9.74. The molecule has 1 N–H and O–H groups in total. The highest BCUT2D eigenvalue weighted by Gasteiger charge is 2.42. The molecule has 3 aromatic rings. The Kier molecular flexibility index (Phi) is 7.50. The molecule has 0 bridgehead atoms. The molecule has 4 rings (SSSR count). The van der Waals surface area contributed by atoms with E-state index in [0.29, 0.717) is 0 Å². The van der Waals surface area contributed by atoms with Crippen molar-refractivity contribution in [3.63, 3.8) is 0 Å². The second kappa shape index (κ2) is 10.7. The van der Waals surface area contributed by atoms with Crippen molar-refractivity contribution in [2.24, 2.45) is 5.41 Å². The van der Waals surface area contributed by atoms with Gasteiger partial charge in [-0.3, -0.25) is 19.7 Å². The van der Waals surface area contributed by atoms with Gasteiger partial charge >= 0.3 is 0 Å². The van der Waals surface area contributed by atoms with Crippen LogP contribution in [0.3, 0.4) is 0 Å². The average molecular weight is 443 g/mol. The van der Waals surface area contributed by atoms with Gasteiger partial charge in [0.05, 0.1) is 11.1 Å². The molecule has 1 aliphatic rings. The Morgan fingerprint density at radius 1 is 1.06 bits per heavy atom. The third-order valence-electron chi connectivity index (χ3n) is 6.51. The van der Waals surface area contributed by atoms with E-state index in [1.165, 1.54) is 11.1 Å². The monoisotopic (exact) mass is 442 g/mol. The van der Waals surface area contributed by atoms with Crippen LogP contribution in [0.1, 0.15) is 43.1 Å². The number of aromatic nitrogens is 2.